The van der Waals surface area contributed by atoms with E-state index in [1.807, 2.05) is 30.3 Å². The second kappa shape index (κ2) is 7.45. The van der Waals surface area contributed by atoms with E-state index >= 15 is 0 Å². The average molecular weight is 329 g/mol. The van der Waals surface area contributed by atoms with E-state index < -0.39 is 17.4 Å². The molecule has 1 atom stereocenters. The van der Waals surface area contributed by atoms with Gasteiger partial charge in [0.25, 0.3) is 0 Å². The summed E-state index contributed by atoms with van der Waals surface area (Å²) in [6.45, 7) is 8.91. The summed E-state index contributed by atoms with van der Waals surface area (Å²) in [7, 11) is 2.53. The Morgan fingerprint density at radius 2 is 1.83 bits per heavy atom. The van der Waals surface area contributed by atoms with E-state index in [0.29, 0.717) is 18.7 Å². The number of nitrogens with zero attached hydrogens (tertiary/aromatic N) is 1. The van der Waals surface area contributed by atoms with Crippen LogP contribution in [-0.4, -0.2) is 43.6 Å². The molecule has 2 rings (SSSR count). The number of rotatable bonds is 5. The molecule has 1 aliphatic heterocycles. The summed E-state index contributed by atoms with van der Waals surface area (Å²) in [4.78, 5) is 26.9. The van der Waals surface area contributed by atoms with Crippen molar-refractivity contribution in [2.75, 3.05) is 20.8 Å². The topological polar surface area (TPSA) is 55.8 Å². The highest BCUT2D eigenvalue weighted by Gasteiger charge is 2.55. The molecule has 5 nitrogen and oxygen atoms in total. The number of benzene rings is 1. The number of methoxy groups -OCH3 is 2. The van der Waals surface area contributed by atoms with E-state index in [1.54, 1.807) is 6.08 Å². The minimum absolute atomic E-state index is 0.172. The number of ether oxygens (including phenoxy) is 2. The fraction of sp³-hybridized carbons (Fsp3) is 0.368. The third-order valence-corrected chi connectivity index (χ3v) is 4.55. The van der Waals surface area contributed by atoms with Gasteiger partial charge in [0.2, 0.25) is 0 Å². The zero-order valence-electron chi connectivity index (χ0n) is 14.2. The van der Waals surface area contributed by atoms with Gasteiger partial charge in [-0.3, -0.25) is 14.5 Å². The second-order valence-corrected chi connectivity index (χ2v) is 5.89. The highest BCUT2D eigenvalue weighted by atomic mass is 16.5. The minimum atomic E-state index is -1.48. The molecule has 1 aromatic rings. The SMILES string of the molecule is C=CC1CC(C(=O)OC)(C(=O)OC)C(=C)CN1Cc1ccccc1. The first kappa shape index (κ1) is 17.9. The maximum atomic E-state index is 12.4. The lowest BCUT2D eigenvalue weighted by Gasteiger charge is -2.43. The largest absolute Gasteiger partial charge is 0.468 e. The Hall–Kier alpha value is -2.40. The molecule has 1 fully saturated rings. The first-order valence-corrected chi connectivity index (χ1v) is 7.75. The Bertz CT molecular complexity index is 622. The molecule has 1 unspecified atom stereocenters. The molecule has 24 heavy (non-hydrogen) atoms. The summed E-state index contributed by atoms with van der Waals surface area (Å²) in [6, 6.07) is 9.81. The van der Waals surface area contributed by atoms with Crippen LogP contribution in [0.15, 0.2) is 55.1 Å². The minimum Gasteiger partial charge on any atom is -0.468 e. The second-order valence-electron chi connectivity index (χ2n) is 5.89. The number of piperidine rings is 1. The number of carbonyl (C=O) groups excluding carboxylic acids is 2. The Kier molecular flexibility index (Phi) is 5.57. The van der Waals surface area contributed by atoms with Gasteiger partial charge in [-0.05, 0) is 17.6 Å². The van der Waals surface area contributed by atoms with Gasteiger partial charge in [0.05, 0.1) is 14.2 Å². The molecule has 128 valence electrons. The summed E-state index contributed by atoms with van der Waals surface area (Å²) < 4.78 is 9.76. The van der Waals surface area contributed by atoms with Crippen LogP contribution < -0.4 is 0 Å². The maximum absolute atomic E-state index is 12.4. The first-order valence-electron chi connectivity index (χ1n) is 7.75. The summed E-state index contributed by atoms with van der Waals surface area (Å²) in [5, 5.41) is 0. The van der Waals surface area contributed by atoms with Crippen molar-refractivity contribution >= 4 is 11.9 Å². The van der Waals surface area contributed by atoms with Crippen LogP contribution in [0.2, 0.25) is 0 Å². The lowest BCUT2D eigenvalue weighted by Crippen LogP contribution is -2.54. The van der Waals surface area contributed by atoms with Crippen LogP contribution in [-0.2, 0) is 25.6 Å². The lowest BCUT2D eigenvalue weighted by molar-refractivity contribution is -0.169. The molecule has 0 N–H and O–H groups in total. The quantitative estimate of drug-likeness (QED) is 0.471. The average Bonchev–Trinajstić information content (AvgIpc) is 2.61. The van der Waals surface area contributed by atoms with Crippen molar-refractivity contribution in [1.29, 1.82) is 0 Å². The van der Waals surface area contributed by atoms with Crippen molar-refractivity contribution in [3.05, 3.63) is 60.7 Å². The van der Waals surface area contributed by atoms with Crippen molar-refractivity contribution in [2.45, 2.75) is 19.0 Å². The van der Waals surface area contributed by atoms with Gasteiger partial charge in [-0.25, -0.2) is 0 Å². The Labute approximate surface area is 142 Å². The fourth-order valence-electron chi connectivity index (χ4n) is 3.20. The number of carbonyl (C=O) groups is 2. The molecule has 1 saturated heterocycles. The highest BCUT2D eigenvalue weighted by Crippen LogP contribution is 2.41. The normalized spacial score (nSPS) is 20.2. The van der Waals surface area contributed by atoms with E-state index in [1.165, 1.54) is 14.2 Å². The Balaban J connectivity index is 2.32. The number of likely N-dealkylation sites (tertiary alicyclic amines) is 1. The van der Waals surface area contributed by atoms with E-state index in [9.17, 15) is 9.59 Å². The third kappa shape index (κ3) is 3.12. The van der Waals surface area contributed by atoms with Gasteiger partial charge in [-0.15, -0.1) is 6.58 Å². The van der Waals surface area contributed by atoms with Gasteiger partial charge in [0.1, 0.15) is 0 Å². The van der Waals surface area contributed by atoms with Gasteiger partial charge >= 0.3 is 11.9 Å². The zero-order valence-corrected chi connectivity index (χ0v) is 14.2. The fourth-order valence-corrected chi connectivity index (χ4v) is 3.20. The molecular formula is C19H23NO4. The molecule has 0 bridgehead atoms. The number of esters is 2. The van der Waals surface area contributed by atoms with Gasteiger partial charge in [-0.1, -0.05) is 43.0 Å². The molecule has 0 aliphatic carbocycles. The standard InChI is InChI=1S/C19H23NO4/c1-5-16-11-19(17(21)23-3,18(22)24-4)14(2)12-20(16)13-15-9-7-6-8-10-15/h5-10,16H,1-2,11-13H2,3-4H3. The predicted octanol–water partition coefficient (Wildman–Crippen LogP) is 2.34. The summed E-state index contributed by atoms with van der Waals surface area (Å²) >= 11 is 0. The van der Waals surface area contributed by atoms with E-state index in [2.05, 4.69) is 18.1 Å². The van der Waals surface area contributed by atoms with Crippen molar-refractivity contribution in [3.8, 4) is 0 Å². The first-order chi connectivity index (χ1) is 11.5. The van der Waals surface area contributed by atoms with E-state index in [-0.39, 0.29) is 12.5 Å². The smallest absolute Gasteiger partial charge is 0.327 e. The van der Waals surface area contributed by atoms with Gasteiger partial charge < -0.3 is 9.47 Å². The monoisotopic (exact) mass is 329 g/mol. The molecule has 1 aromatic carbocycles. The lowest BCUT2D eigenvalue weighted by atomic mass is 9.72. The Morgan fingerprint density at radius 1 is 1.25 bits per heavy atom. The molecule has 1 aliphatic rings. The molecule has 0 spiro atoms. The zero-order chi connectivity index (χ0) is 17.7. The molecule has 0 saturated carbocycles. The molecular weight excluding hydrogens is 306 g/mol. The van der Waals surface area contributed by atoms with E-state index in [4.69, 9.17) is 9.47 Å². The number of hydrogen-bond donors (Lipinski definition) is 0. The van der Waals surface area contributed by atoms with Crippen molar-refractivity contribution in [1.82, 2.24) is 4.90 Å². The summed E-state index contributed by atoms with van der Waals surface area (Å²) in [5.41, 5.74) is 0.145. The molecule has 0 aromatic heterocycles. The maximum Gasteiger partial charge on any atom is 0.327 e. The van der Waals surface area contributed by atoms with Gasteiger partial charge in [0.15, 0.2) is 5.41 Å². The molecule has 1 heterocycles. The Morgan fingerprint density at radius 3 is 2.33 bits per heavy atom. The number of hydrogen-bond acceptors (Lipinski definition) is 5. The van der Waals surface area contributed by atoms with E-state index in [0.717, 1.165) is 5.56 Å². The van der Waals surface area contributed by atoms with Crippen LogP contribution in [0, 0.1) is 5.41 Å². The molecule has 0 amide bonds. The predicted molar refractivity (Wildman–Crippen MR) is 91.1 cm³/mol. The highest BCUT2D eigenvalue weighted by molar-refractivity contribution is 6.03. The van der Waals surface area contributed by atoms with Crippen LogP contribution in [0.1, 0.15) is 12.0 Å². The van der Waals surface area contributed by atoms with Crippen molar-refractivity contribution in [3.63, 3.8) is 0 Å². The summed E-state index contributed by atoms with van der Waals surface area (Å²) in [6.07, 6.45) is 1.96. The van der Waals surface area contributed by atoms with Crippen LogP contribution in [0.5, 0.6) is 0 Å². The van der Waals surface area contributed by atoms with Crippen LogP contribution in [0.25, 0.3) is 0 Å². The van der Waals surface area contributed by atoms with Crippen LogP contribution in [0.4, 0.5) is 0 Å². The molecule has 5 heteroatoms. The van der Waals surface area contributed by atoms with Crippen molar-refractivity contribution < 1.29 is 19.1 Å². The van der Waals surface area contributed by atoms with Crippen molar-refractivity contribution in [2.24, 2.45) is 5.41 Å². The summed E-state index contributed by atoms with van der Waals surface area (Å²) in [5.74, 6) is -1.27. The van der Waals surface area contributed by atoms with Crippen LogP contribution in [0.3, 0.4) is 0 Å². The third-order valence-electron chi connectivity index (χ3n) is 4.55. The van der Waals surface area contributed by atoms with Gasteiger partial charge in [-0.2, -0.15) is 0 Å². The molecule has 0 radical (unpaired) electrons. The van der Waals surface area contributed by atoms with Crippen LogP contribution >= 0.6 is 0 Å². The van der Waals surface area contributed by atoms with Gasteiger partial charge in [0, 0.05) is 19.1 Å².